The van der Waals surface area contributed by atoms with Gasteiger partial charge in [0, 0.05) is 12.5 Å². The first-order chi connectivity index (χ1) is 10.3. The minimum atomic E-state index is 0.246. The van der Waals surface area contributed by atoms with Gasteiger partial charge in [-0.2, -0.15) is 0 Å². The summed E-state index contributed by atoms with van der Waals surface area (Å²) in [7, 11) is 0. The zero-order valence-corrected chi connectivity index (χ0v) is 12.5. The molecule has 1 aromatic rings. The van der Waals surface area contributed by atoms with Crippen LogP contribution in [0, 0.1) is 17.8 Å². The number of rotatable bonds is 4. The van der Waals surface area contributed by atoms with Crippen LogP contribution in [0.3, 0.4) is 0 Å². The van der Waals surface area contributed by atoms with E-state index < -0.39 is 0 Å². The zero-order chi connectivity index (χ0) is 14.2. The van der Waals surface area contributed by atoms with Gasteiger partial charge in [-0.05, 0) is 67.7 Å². The van der Waals surface area contributed by atoms with Crippen molar-refractivity contribution in [2.75, 3.05) is 19.6 Å². The molecule has 3 heteroatoms. The van der Waals surface area contributed by atoms with E-state index in [9.17, 15) is 4.79 Å². The van der Waals surface area contributed by atoms with Crippen LogP contribution in [0.1, 0.15) is 36.3 Å². The molecule has 21 heavy (non-hydrogen) atoms. The number of aryl methyl sites for hydroxylation is 1. The van der Waals surface area contributed by atoms with Crippen molar-refractivity contribution in [1.82, 2.24) is 10.6 Å². The van der Waals surface area contributed by atoms with E-state index in [1.807, 2.05) is 0 Å². The van der Waals surface area contributed by atoms with Crippen LogP contribution in [0.15, 0.2) is 24.3 Å². The Balaban J connectivity index is 1.33. The Labute approximate surface area is 126 Å². The summed E-state index contributed by atoms with van der Waals surface area (Å²) in [5.74, 6) is 2.41. The summed E-state index contributed by atoms with van der Waals surface area (Å²) >= 11 is 0. The van der Waals surface area contributed by atoms with Crippen LogP contribution in [0.5, 0.6) is 0 Å². The van der Waals surface area contributed by atoms with Gasteiger partial charge in [0.1, 0.15) is 0 Å². The third-order valence-corrected chi connectivity index (χ3v) is 5.65. The molecule has 2 fully saturated rings. The van der Waals surface area contributed by atoms with Crippen LogP contribution in [0.2, 0.25) is 0 Å². The maximum absolute atomic E-state index is 12.4. The van der Waals surface area contributed by atoms with E-state index in [-0.39, 0.29) is 5.92 Å². The summed E-state index contributed by atoms with van der Waals surface area (Å²) in [4.78, 5) is 12.4. The van der Waals surface area contributed by atoms with Crippen molar-refractivity contribution in [2.24, 2.45) is 17.8 Å². The van der Waals surface area contributed by atoms with E-state index in [4.69, 9.17) is 0 Å². The van der Waals surface area contributed by atoms with Crippen molar-refractivity contribution in [3.05, 3.63) is 35.4 Å². The molecule has 4 rings (SSSR count). The molecule has 1 amide bonds. The topological polar surface area (TPSA) is 41.1 Å². The van der Waals surface area contributed by atoms with Crippen LogP contribution in [-0.2, 0) is 11.2 Å². The predicted octanol–water partition coefficient (Wildman–Crippen LogP) is 2.08. The number of benzene rings is 1. The van der Waals surface area contributed by atoms with Gasteiger partial charge in [-0.1, -0.05) is 24.3 Å². The third-order valence-electron chi connectivity index (χ3n) is 5.65. The van der Waals surface area contributed by atoms with Gasteiger partial charge in [0.15, 0.2) is 0 Å². The minimum Gasteiger partial charge on any atom is -0.356 e. The molecule has 1 saturated heterocycles. The summed E-state index contributed by atoms with van der Waals surface area (Å²) in [6.07, 6.45) is 4.72. The lowest BCUT2D eigenvalue weighted by molar-refractivity contribution is -0.122. The normalized spacial score (nSPS) is 33.1. The fourth-order valence-corrected chi connectivity index (χ4v) is 4.40. The summed E-state index contributed by atoms with van der Waals surface area (Å²) < 4.78 is 0. The van der Waals surface area contributed by atoms with Crippen molar-refractivity contribution in [3.8, 4) is 0 Å². The molecular weight excluding hydrogens is 260 g/mol. The van der Waals surface area contributed by atoms with E-state index >= 15 is 0 Å². The van der Waals surface area contributed by atoms with Gasteiger partial charge in [0.25, 0.3) is 0 Å². The second-order valence-corrected chi connectivity index (χ2v) is 6.89. The summed E-state index contributed by atoms with van der Waals surface area (Å²) in [6, 6.07) is 8.68. The second kappa shape index (κ2) is 5.45. The summed E-state index contributed by atoms with van der Waals surface area (Å²) in [5, 5.41) is 6.58. The highest BCUT2D eigenvalue weighted by Crippen LogP contribution is 2.59. The lowest BCUT2D eigenvalue weighted by Gasteiger charge is -2.13. The average molecular weight is 284 g/mol. The van der Waals surface area contributed by atoms with Gasteiger partial charge < -0.3 is 10.6 Å². The van der Waals surface area contributed by atoms with Crippen molar-refractivity contribution in [1.29, 1.82) is 0 Å². The first kappa shape index (κ1) is 13.3. The molecule has 1 heterocycles. The van der Waals surface area contributed by atoms with Gasteiger partial charge in [-0.15, -0.1) is 0 Å². The number of carbonyl (C=O) groups excluding carboxylic acids is 1. The monoisotopic (exact) mass is 284 g/mol. The molecule has 3 aliphatic rings. The SMILES string of the molecule is O=C(NCCC1CCNC1)C1C2CCc3ccccc3C21. The maximum atomic E-state index is 12.4. The molecule has 4 unspecified atom stereocenters. The third kappa shape index (κ3) is 2.48. The number of amides is 1. The Morgan fingerprint density at radius 1 is 1.29 bits per heavy atom. The van der Waals surface area contributed by atoms with Crippen LogP contribution in [0.25, 0.3) is 0 Å². The smallest absolute Gasteiger partial charge is 0.224 e. The van der Waals surface area contributed by atoms with E-state index in [1.54, 1.807) is 0 Å². The van der Waals surface area contributed by atoms with Gasteiger partial charge >= 0.3 is 0 Å². The largest absolute Gasteiger partial charge is 0.356 e. The van der Waals surface area contributed by atoms with Gasteiger partial charge in [-0.25, -0.2) is 0 Å². The summed E-state index contributed by atoms with van der Waals surface area (Å²) in [6.45, 7) is 3.11. The Morgan fingerprint density at radius 3 is 3.05 bits per heavy atom. The van der Waals surface area contributed by atoms with Gasteiger partial charge in [0.2, 0.25) is 5.91 Å². The van der Waals surface area contributed by atoms with Crippen molar-refractivity contribution in [3.63, 3.8) is 0 Å². The standard InChI is InChI=1S/C18H24N2O/c21-18(20-10-8-12-7-9-19-11-12)17-15-6-5-13-3-1-2-4-14(13)16(15)17/h1-4,12,15-17,19H,5-11H2,(H,20,21). The first-order valence-corrected chi connectivity index (χ1v) is 8.41. The maximum Gasteiger partial charge on any atom is 0.224 e. The van der Waals surface area contributed by atoms with E-state index in [0.717, 1.165) is 38.4 Å². The second-order valence-electron chi connectivity index (χ2n) is 6.89. The van der Waals surface area contributed by atoms with Gasteiger partial charge in [-0.3, -0.25) is 4.79 Å². The number of nitrogens with one attached hydrogen (secondary N) is 2. The zero-order valence-electron chi connectivity index (χ0n) is 12.5. The lowest BCUT2D eigenvalue weighted by Crippen LogP contribution is -2.28. The Kier molecular flexibility index (Phi) is 3.46. The molecule has 1 aromatic carbocycles. The van der Waals surface area contributed by atoms with Crippen molar-refractivity contribution in [2.45, 2.75) is 31.6 Å². The van der Waals surface area contributed by atoms with E-state index in [2.05, 4.69) is 34.9 Å². The average Bonchev–Trinajstić information content (AvgIpc) is 3.04. The molecule has 2 N–H and O–H groups in total. The van der Waals surface area contributed by atoms with Crippen molar-refractivity contribution < 1.29 is 4.79 Å². The lowest BCUT2D eigenvalue weighted by atomic mass is 9.92. The van der Waals surface area contributed by atoms with Crippen LogP contribution in [0.4, 0.5) is 0 Å². The number of hydrogen-bond donors (Lipinski definition) is 2. The quantitative estimate of drug-likeness (QED) is 0.889. The predicted molar refractivity (Wildman–Crippen MR) is 83.1 cm³/mol. The van der Waals surface area contributed by atoms with E-state index in [0.29, 0.717) is 17.7 Å². The van der Waals surface area contributed by atoms with Gasteiger partial charge in [0.05, 0.1) is 0 Å². The Hall–Kier alpha value is -1.35. The Bertz CT molecular complexity index is 536. The molecule has 0 spiro atoms. The first-order valence-electron chi connectivity index (χ1n) is 8.41. The highest BCUT2D eigenvalue weighted by atomic mass is 16.2. The minimum absolute atomic E-state index is 0.246. The highest BCUT2D eigenvalue weighted by molar-refractivity contribution is 5.84. The molecule has 1 saturated carbocycles. The molecule has 0 aromatic heterocycles. The molecule has 2 aliphatic carbocycles. The molecular formula is C18H24N2O. The van der Waals surface area contributed by atoms with Crippen LogP contribution in [-0.4, -0.2) is 25.5 Å². The summed E-state index contributed by atoms with van der Waals surface area (Å²) in [5.41, 5.74) is 2.90. The molecule has 4 atom stereocenters. The molecule has 0 bridgehead atoms. The van der Waals surface area contributed by atoms with Crippen LogP contribution >= 0.6 is 0 Å². The fourth-order valence-electron chi connectivity index (χ4n) is 4.40. The highest BCUT2D eigenvalue weighted by Gasteiger charge is 2.56. The number of carbonyl (C=O) groups is 1. The van der Waals surface area contributed by atoms with Crippen molar-refractivity contribution >= 4 is 5.91 Å². The molecule has 3 nitrogen and oxygen atoms in total. The van der Waals surface area contributed by atoms with E-state index in [1.165, 1.54) is 24.0 Å². The molecule has 1 aliphatic heterocycles. The molecule has 0 radical (unpaired) electrons. The fraction of sp³-hybridized carbons (Fsp3) is 0.611. The Morgan fingerprint density at radius 2 is 2.19 bits per heavy atom. The number of fused-ring (bicyclic) bond motifs is 3. The number of hydrogen-bond acceptors (Lipinski definition) is 2. The van der Waals surface area contributed by atoms with Crippen LogP contribution < -0.4 is 10.6 Å². The molecule has 112 valence electrons.